The summed E-state index contributed by atoms with van der Waals surface area (Å²) in [7, 11) is 2.75. The molecule has 1 saturated heterocycles. The molecule has 2 aliphatic heterocycles. The number of halogens is 3. The standard InChI is InChI=1S/C27H28ClF2N5O5/c1-27(31-15-20(33-27)18-6-7-21(40-3)24(30)23(18)29)26(38)32-16-4-5-17(19(28)14-16)25(37)35-11-9-34(10-12-35)22(36)8-13-39-2/h4-7,14-15H,8-13H2,1-3H3,(H,32,38). The predicted octanol–water partition coefficient (Wildman–Crippen LogP) is 3.18. The lowest BCUT2D eigenvalue weighted by Gasteiger charge is -2.35. The van der Waals surface area contributed by atoms with Gasteiger partial charge in [0.05, 0.1) is 42.6 Å². The Bertz CT molecular complexity index is 1390. The van der Waals surface area contributed by atoms with Crippen molar-refractivity contribution in [3.8, 4) is 5.75 Å². The SMILES string of the molecule is COCCC(=O)N1CCN(C(=O)c2ccc(NC(=O)C3(C)N=CC(c4ccc(OC)c(F)c4F)=N3)cc2Cl)CC1. The second-order valence-electron chi connectivity index (χ2n) is 9.28. The van der Waals surface area contributed by atoms with Crippen molar-refractivity contribution in [1.29, 1.82) is 0 Å². The Hall–Kier alpha value is -3.90. The maximum atomic E-state index is 14.5. The van der Waals surface area contributed by atoms with E-state index in [1.165, 1.54) is 57.7 Å². The zero-order valence-corrected chi connectivity index (χ0v) is 22.9. The molecule has 2 heterocycles. The number of hydrogen-bond acceptors (Lipinski definition) is 7. The number of benzene rings is 2. The lowest BCUT2D eigenvalue weighted by atomic mass is 10.1. The number of rotatable bonds is 8. The van der Waals surface area contributed by atoms with Gasteiger partial charge in [0.15, 0.2) is 11.6 Å². The van der Waals surface area contributed by atoms with Crippen LogP contribution in [0.2, 0.25) is 5.02 Å². The Labute approximate surface area is 234 Å². The minimum Gasteiger partial charge on any atom is -0.494 e. The Morgan fingerprint density at radius 2 is 1.75 bits per heavy atom. The number of nitrogens with one attached hydrogen (secondary N) is 1. The van der Waals surface area contributed by atoms with Crippen LogP contribution in [0.3, 0.4) is 0 Å². The van der Waals surface area contributed by atoms with E-state index in [2.05, 4.69) is 15.3 Å². The third kappa shape index (κ3) is 5.97. The number of nitrogens with zero attached hydrogens (tertiary/aromatic N) is 4. The molecule has 10 nitrogen and oxygen atoms in total. The second kappa shape index (κ2) is 12.1. The molecule has 1 unspecified atom stereocenters. The summed E-state index contributed by atoms with van der Waals surface area (Å²) in [4.78, 5) is 49.9. The molecule has 2 aliphatic rings. The van der Waals surface area contributed by atoms with E-state index in [0.29, 0.717) is 38.5 Å². The Kier molecular flexibility index (Phi) is 8.79. The minimum absolute atomic E-state index is 0.00354. The fourth-order valence-electron chi connectivity index (χ4n) is 4.30. The molecular formula is C27H28ClF2N5O5. The summed E-state index contributed by atoms with van der Waals surface area (Å²) in [6.07, 6.45) is 1.49. The fraction of sp³-hybridized carbons (Fsp3) is 0.370. The van der Waals surface area contributed by atoms with Crippen LogP contribution in [0.5, 0.6) is 5.75 Å². The number of aliphatic imine (C=N–C) groups is 2. The van der Waals surface area contributed by atoms with Gasteiger partial charge < -0.3 is 24.6 Å². The summed E-state index contributed by atoms with van der Waals surface area (Å²) in [6.45, 7) is 3.31. The highest BCUT2D eigenvalue weighted by Crippen LogP contribution is 2.28. The average molecular weight is 576 g/mol. The Balaban J connectivity index is 1.40. The zero-order valence-electron chi connectivity index (χ0n) is 22.2. The molecule has 1 N–H and O–H groups in total. The monoisotopic (exact) mass is 575 g/mol. The number of hydrogen-bond donors (Lipinski definition) is 1. The summed E-state index contributed by atoms with van der Waals surface area (Å²) >= 11 is 6.40. The summed E-state index contributed by atoms with van der Waals surface area (Å²) < 4.78 is 38.4. The quantitative estimate of drug-likeness (QED) is 0.519. The highest BCUT2D eigenvalue weighted by atomic mass is 35.5. The minimum atomic E-state index is -1.64. The van der Waals surface area contributed by atoms with Crippen molar-refractivity contribution >= 4 is 46.9 Å². The topological polar surface area (TPSA) is 113 Å². The summed E-state index contributed by atoms with van der Waals surface area (Å²) in [5.41, 5.74) is -1.26. The van der Waals surface area contributed by atoms with E-state index in [9.17, 15) is 23.2 Å². The molecule has 212 valence electrons. The first-order valence-corrected chi connectivity index (χ1v) is 12.8. The van der Waals surface area contributed by atoms with Gasteiger partial charge in [-0.2, -0.15) is 4.39 Å². The molecule has 13 heteroatoms. The van der Waals surface area contributed by atoms with E-state index < -0.39 is 23.2 Å². The third-order valence-corrected chi connectivity index (χ3v) is 6.96. The fourth-order valence-corrected chi connectivity index (χ4v) is 4.56. The van der Waals surface area contributed by atoms with Gasteiger partial charge in [0.2, 0.25) is 17.4 Å². The molecule has 0 aliphatic carbocycles. The van der Waals surface area contributed by atoms with Crippen LogP contribution >= 0.6 is 11.6 Å². The number of ether oxygens (including phenoxy) is 2. The van der Waals surface area contributed by atoms with E-state index in [4.69, 9.17) is 21.1 Å². The molecule has 40 heavy (non-hydrogen) atoms. The van der Waals surface area contributed by atoms with Crippen molar-refractivity contribution in [1.82, 2.24) is 9.80 Å². The van der Waals surface area contributed by atoms with E-state index in [0.717, 1.165) is 0 Å². The first-order valence-electron chi connectivity index (χ1n) is 12.4. The van der Waals surface area contributed by atoms with Crippen LogP contribution in [0, 0.1) is 11.6 Å². The van der Waals surface area contributed by atoms with Crippen molar-refractivity contribution in [2.45, 2.75) is 19.0 Å². The van der Waals surface area contributed by atoms with Crippen LogP contribution in [0.4, 0.5) is 14.5 Å². The number of piperazine rings is 1. The van der Waals surface area contributed by atoms with E-state index >= 15 is 0 Å². The largest absolute Gasteiger partial charge is 0.494 e. The number of methoxy groups -OCH3 is 2. The first kappa shape index (κ1) is 29.1. The van der Waals surface area contributed by atoms with Crippen LogP contribution < -0.4 is 10.1 Å². The van der Waals surface area contributed by atoms with Crippen LogP contribution in [0.1, 0.15) is 29.3 Å². The highest BCUT2D eigenvalue weighted by Gasteiger charge is 2.36. The molecule has 3 amide bonds. The van der Waals surface area contributed by atoms with Crippen molar-refractivity contribution < 1.29 is 32.6 Å². The van der Waals surface area contributed by atoms with Crippen molar-refractivity contribution in [3.05, 3.63) is 58.1 Å². The van der Waals surface area contributed by atoms with Gasteiger partial charge in [-0.1, -0.05) is 11.6 Å². The Morgan fingerprint density at radius 3 is 2.40 bits per heavy atom. The molecule has 0 radical (unpaired) electrons. The van der Waals surface area contributed by atoms with Crippen molar-refractivity contribution in [3.63, 3.8) is 0 Å². The molecule has 4 rings (SSSR count). The molecule has 0 aromatic heterocycles. The van der Waals surface area contributed by atoms with Gasteiger partial charge in [0.25, 0.3) is 11.8 Å². The zero-order chi connectivity index (χ0) is 29.0. The highest BCUT2D eigenvalue weighted by molar-refractivity contribution is 6.40. The number of carbonyl (C=O) groups excluding carboxylic acids is 3. The molecule has 2 aromatic carbocycles. The first-order chi connectivity index (χ1) is 19.1. The summed E-state index contributed by atoms with van der Waals surface area (Å²) in [5.74, 6) is -3.55. The molecule has 0 saturated carbocycles. The number of carbonyl (C=O) groups is 3. The van der Waals surface area contributed by atoms with Gasteiger partial charge in [-0.25, -0.2) is 9.38 Å². The summed E-state index contributed by atoms with van der Waals surface area (Å²) in [6, 6.07) is 7.00. The van der Waals surface area contributed by atoms with E-state index in [1.807, 2.05) is 0 Å². The normalized spacial score (nSPS) is 18.5. The van der Waals surface area contributed by atoms with E-state index in [-0.39, 0.29) is 45.8 Å². The molecule has 1 atom stereocenters. The maximum absolute atomic E-state index is 14.5. The van der Waals surface area contributed by atoms with Gasteiger partial charge in [0, 0.05) is 44.5 Å². The smallest absolute Gasteiger partial charge is 0.274 e. The third-order valence-electron chi connectivity index (χ3n) is 6.65. The van der Waals surface area contributed by atoms with Gasteiger partial charge in [-0.3, -0.25) is 19.4 Å². The molecule has 1 fully saturated rings. The lowest BCUT2D eigenvalue weighted by molar-refractivity contribution is -0.133. The van der Waals surface area contributed by atoms with Crippen LogP contribution in [-0.2, 0) is 14.3 Å². The molecule has 2 aromatic rings. The van der Waals surface area contributed by atoms with Crippen molar-refractivity contribution in [2.24, 2.45) is 9.98 Å². The number of anilines is 1. The molecule has 0 spiro atoms. The average Bonchev–Trinajstić information content (AvgIpc) is 3.36. The summed E-state index contributed by atoms with van der Waals surface area (Å²) in [5, 5.41) is 2.78. The van der Waals surface area contributed by atoms with Gasteiger partial charge in [-0.15, -0.1) is 0 Å². The number of amides is 3. The molecular weight excluding hydrogens is 548 g/mol. The van der Waals surface area contributed by atoms with Crippen molar-refractivity contribution in [2.75, 3.05) is 52.3 Å². The van der Waals surface area contributed by atoms with Crippen LogP contribution in [-0.4, -0.2) is 92.1 Å². The van der Waals surface area contributed by atoms with Crippen LogP contribution in [0.25, 0.3) is 0 Å². The lowest BCUT2D eigenvalue weighted by Crippen LogP contribution is -2.50. The second-order valence-corrected chi connectivity index (χ2v) is 9.69. The maximum Gasteiger partial charge on any atom is 0.274 e. The van der Waals surface area contributed by atoms with Gasteiger partial charge >= 0.3 is 0 Å². The van der Waals surface area contributed by atoms with Gasteiger partial charge in [-0.05, 0) is 37.3 Å². The Morgan fingerprint density at radius 1 is 1.05 bits per heavy atom. The van der Waals surface area contributed by atoms with E-state index in [1.54, 1.807) is 9.80 Å². The predicted molar refractivity (Wildman–Crippen MR) is 145 cm³/mol. The molecule has 0 bridgehead atoms. The van der Waals surface area contributed by atoms with Gasteiger partial charge in [0.1, 0.15) is 0 Å². The van der Waals surface area contributed by atoms with Crippen LogP contribution in [0.15, 0.2) is 40.3 Å².